The Hall–Kier alpha value is -3.15. The molecule has 0 amide bonds. The van der Waals surface area contributed by atoms with Crippen LogP contribution in [0.5, 0.6) is 11.5 Å². The monoisotopic (exact) mass is 398 g/mol. The van der Waals surface area contributed by atoms with Crippen LogP contribution in [0.4, 0.5) is 0 Å². The summed E-state index contributed by atoms with van der Waals surface area (Å²) in [5.74, 6) is -2.55. The van der Waals surface area contributed by atoms with E-state index in [9.17, 15) is 24.6 Å². The molecule has 0 fully saturated rings. The van der Waals surface area contributed by atoms with Crippen LogP contribution in [0.3, 0.4) is 0 Å². The van der Waals surface area contributed by atoms with Crippen LogP contribution in [0.2, 0.25) is 0 Å². The Balaban J connectivity index is 2.51. The van der Waals surface area contributed by atoms with Crippen molar-refractivity contribution in [3.05, 3.63) is 57.7 Å². The molecule has 6 heteroatoms. The van der Waals surface area contributed by atoms with Gasteiger partial charge in [0.15, 0.2) is 11.6 Å². The summed E-state index contributed by atoms with van der Waals surface area (Å²) in [6.45, 7) is 9.38. The van der Waals surface area contributed by atoms with Crippen molar-refractivity contribution in [1.82, 2.24) is 0 Å². The summed E-state index contributed by atoms with van der Waals surface area (Å²) in [6, 6.07) is 1.18. The highest BCUT2D eigenvalue weighted by Crippen LogP contribution is 2.41. The molecule has 1 aliphatic rings. The van der Waals surface area contributed by atoms with Gasteiger partial charge < -0.3 is 14.9 Å². The van der Waals surface area contributed by atoms with Gasteiger partial charge in [0.1, 0.15) is 17.6 Å². The van der Waals surface area contributed by atoms with Crippen LogP contribution in [0, 0.1) is 0 Å². The summed E-state index contributed by atoms with van der Waals surface area (Å²) in [4.78, 5) is 36.7. The lowest BCUT2D eigenvalue weighted by Gasteiger charge is -2.22. The van der Waals surface area contributed by atoms with Crippen LogP contribution in [-0.2, 0) is 9.53 Å². The van der Waals surface area contributed by atoms with E-state index in [-0.39, 0.29) is 29.5 Å². The molecule has 154 valence electrons. The summed E-state index contributed by atoms with van der Waals surface area (Å²) in [6.07, 6.45) is 3.33. The van der Waals surface area contributed by atoms with Crippen LogP contribution in [0.1, 0.15) is 79.8 Å². The number of phenols is 2. The van der Waals surface area contributed by atoms with Gasteiger partial charge in [0.2, 0.25) is 0 Å². The Morgan fingerprint density at radius 1 is 1.03 bits per heavy atom. The molecule has 6 nitrogen and oxygen atoms in total. The van der Waals surface area contributed by atoms with Gasteiger partial charge in [0, 0.05) is 12.0 Å². The van der Waals surface area contributed by atoms with Gasteiger partial charge in [-0.2, -0.15) is 0 Å². The zero-order valence-electron chi connectivity index (χ0n) is 17.3. The summed E-state index contributed by atoms with van der Waals surface area (Å²) in [5, 5.41) is 21.1. The van der Waals surface area contributed by atoms with Crippen molar-refractivity contribution in [2.75, 3.05) is 0 Å². The van der Waals surface area contributed by atoms with Gasteiger partial charge >= 0.3 is 5.97 Å². The molecule has 1 aliphatic carbocycles. The third-order valence-electron chi connectivity index (χ3n) is 4.81. The molecule has 0 heterocycles. The molecule has 2 N–H and O–H groups in total. The lowest BCUT2D eigenvalue weighted by molar-refractivity contribution is -0.148. The normalized spacial score (nSPS) is 13.6. The van der Waals surface area contributed by atoms with E-state index < -0.39 is 35.1 Å². The Morgan fingerprint density at radius 2 is 1.62 bits per heavy atom. The standard InChI is InChI=1S/C23H26O6/c1-12(2)6-9-19(29-20(27)10-14(5)13(3)4)15-11-18(26)21-16(24)7-8-17(25)22(21)23(15)28/h6-8,11,19,26,28H,9-10H2,1-5H3/t19-/m1/s1. The summed E-state index contributed by atoms with van der Waals surface area (Å²) < 4.78 is 5.59. The van der Waals surface area contributed by atoms with Crippen molar-refractivity contribution in [2.45, 2.75) is 53.6 Å². The first-order chi connectivity index (χ1) is 13.5. The van der Waals surface area contributed by atoms with E-state index in [0.29, 0.717) is 0 Å². The fraction of sp³-hybridized carbons (Fsp3) is 0.348. The molecule has 0 aliphatic heterocycles. The average Bonchev–Trinajstić information content (AvgIpc) is 2.63. The molecule has 0 saturated carbocycles. The minimum Gasteiger partial charge on any atom is -0.507 e. The number of benzene rings is 1. The van der Waals surface area contributed by atoms with Crippen molar-refractivity contribution in [1.29, 1.82) is 0 Å². The van der Waals surface area contributed by atoms with Crippen molar-refractivity contribution in [3.8, 4) is 11.5 Å². The number of hydrogen-bond acceptors (Lipinski definition) is 6. The number of esters is 1. The number of rotatable bonds is 6. The zero-order chi connectivity index (χ0) is 21.9. The predicted molar refractivity (Wildman–Crippen MR) is 109 cm³/mol. The number of carbonyl (C=O) groups excluding carboxylic acids is 3. The predicted octanol–water partition coefficient (Wildman–Crippen LogP) is 4.72. The summed E-state index contributed by atoms with van der Waals surface area (Å²) in [5.41, 5.74) is 2.42. The van der Waals surface area contributed by atoms with Crippen molar-refractivity contribution in [3.63, 3.8) is 0 Å². The van der Waals surface area contributed by atoms with Gasteiger partial charge in [0.25, 0.3) is 0 Å². The van der Waals surface area contributed by atoms with Crippen LogP contribution >= 0.6 is 0 Å². The molecular weight excluding hydrogens is 372 g/mol. The molecule has 2 rings (SSSR count). The van der Waals surface area contributed by atoms with E-state index in [4.69, 9.17) is 4.74 Å². The maximum atomic E-state index is 12.4. The molecule has 1 aromatic rings. The van der Waals surface area contributed by atoms with E-state index in [1.54, 1.807) is 0 Å². The molecule has 29 heavy (non-hydrogen) atoms. The van der Waals surface area contributed by atoms with E-state index in [1.807, 2.05) is 40.7 Å². The Bertz CT molecular complexity index is 954. The average molecular weight is 398 g/mol. The maximum Gasteiger partial charge on any atom is 0.310 e. The number of allylic oxidation sites excluding steroid dienone is 4. The number of ether oxygens (including phenoxy) is 1. The molecule has 0 aromatic heterocycles. The molecule has 0 unspecified atom stereocenters. The first kappa shape index (κ1) is 22.1. The lowest BCUT2D eigenvalue weighted by atomic mass is 9.89. The molecule has 1 atom stereocenters. The first-order valence-corrected chi connectivity index (χ1v) is 9.34. The Labute approximate surface area is 170 Å². The van der Waals surface area contributed by atoms with Gasteiger partial charge in [-0.15, -0.1) is 0 Å². The highest BCUT2D eigenvalue weighted by molar-refractivity contribution is 6.24. The minimum atomic E-state index is -0.924. The third-order valence-corrected chi connectivity index (χ3v) is 4.81. The number of ketones is 2. The van der Waals surface area contributed by atoms with E-state index in [1.165, 1.54) is 6.07 Å². The van der Waals surface area contributed by atoms with Crippen molar-refractivity contribution in [2.24, 2.45) is 0 Å². The molecule has 1 aromatic carbocycles. The van der Waals surface area contributed by atoms with E-state index >= 15 is 0 Å². The molecule has 0 saturated heterocycles. The number of phenolic OH excluding ortho intramolecular Hbond substituents is 2. The van der Waals surface area contributed by atoms with Crippen LogP contribution in [0.25, 0.3) is 0 Å². The second-order valence-electron chi connectivity index (χ2n) is 7.60. The number of hydrogen-bond donors (Lipinski definition) is 2. The largest absolute Gasteiger partial charge is 0.507 e. The second-order valence-corrected chi connectivity index (χ2v) is 7.60. The smallest absolute Gasteiger partial charge is 0.310 e. The van der Waals surface area contributed by atoms with Crippen molar-refractivity contribution < 1.29 is 29.3 Å². The SMILES string of the molecule is CC(C)=CC[C@@H](OC(=O)CC(C)=C(C)C)c1cc(O)c2c(c1O)C(=O)C=CC2=O. The zero-order valence-corrected chi connectivity index (χ0v) is 17.3. The Morgan fingerprint density at radius 3 is 2.17 bits per heavy atom. The fourth-order valence-electron chi connectivity index (χ4n) is 2.91. The maximum absolute atomic E-state index is 12.4. The lowest BCUT2D eigenvalue weighted by Crippen LogP contribution is -2.16. The van der Waals surface area contributed by atoms with Gasteiger partial charge in [-0.3, -0.25) is 14.4 Å². The van der Waals surface area contributed by atoms with Crippen LogP contribution < -0.4 is 0 Å². The summed E-state index contributed by atoms with van der Waals surface area (Å²) >= 11 is 0. The van der Waals surface area contributed by atoms with Crippen LogP contribution in [-0.4, -0.2) is 27.7 Å². The Kier molecular flexibility index (Phi) is 6.80. The molecule has 0 spiro atoms. The molecule has 0 bridgehead atoms. The highest BCUT2D eigenvalue weighted by Gasteiger charge is 2.31. The van der Waals surface area contributed by atoms with Crippen LogP contribution in [0.15, 0.2) is 41.0 Å². The minimum absolute atomic E-state index is 0.0819. The van der Waals surface area contributed by atoms with Crippen molar-refractivity contribution >= 4 is 17.5 Å². The number of fused-ring (bicyclic) bond motifs is 1. The second kappa shape index (κ2) is 8.90. The van der Waals surface area contributed by atoms with Gasteiger partial charge in [-0.25, -0.2) is 0 Å². The van der Waals surface area contributed by atoms with Gasteiger partial charge in [-0.05, 0) is 52.8 Å². The highest BCUT2D eigenvalue weighted by atomic mass is 16.5. The summed E-state index contributed by atoms with van der Waals surface area (Å²) in [7, 11) is 0. The van der Waals surface area contributed by atoms with E-state index in [2.05, 4.69) is 0 Å². The topological polar surface area (TPSA) is 101 Å². The number of carbonyl (C=O) groups is 3. The molecular formula is C23H26O6. The fourth-order valence-corrected chi connectivity index (χ4v) is 2.91. The first-order valence-electron chi connectivity index (χ1n) is 9.34. The molecule has 0 radical (unpaired) electrons. The van der Waals surface area contributed by atoms with E-state index in [0.717, 1.165) is 28.9 Å². The third kappa shape index (κ3) is 5.02. The van der Waals surface area contributed by atoms with Gasteiger partial charge in [0.05, 0.1) is 17.5 Å². The van der Waals surface area contributed by atoms with Gasteiger partial charge in [-0.1, -0.05) is 22.8 Å². The number of aromatic hydroxyl groups is 2. The quantitative estimate of drug-likeness (QED) is 0.408.